The number of ether oxygens (including phenoxy) is 2. The summed E-state index contributed by atoms with van der Waals surface area (Å²) in [6, 6.07) is -7.90. The number of anilines is 1. The predicted molar refractivity (Wildman–Crippen MR) is 325 cm³/mol. The predicted octanol–water partition coefficient (Wildman–Crippen LogP) is 0.726. The van der Waals surface area contributed by atoms with Crippen LogP contribution in [0.5, 0.6) is 0 Å². The third-order valence-electron chi connectivity index (χ3n) is 17.5. The van der Waals surface area contributed by atoms with Crippen LogP contribution in [0.25, 0.3) is 22.6 Å². The van der Waals surface area contributed by atoms with E-state index in [9.17, 15) is 52.7 Å². The summed E-state index contributed by atoms with van der Waals surface area (Å²) in [6.45, 7) is 18.4. The molecule has 6 N–H and O–H groups in total. The molecule has 5 aliphatic heterocycles. The van der Waals surface area contributed by atoms with Crippen molar-refractivity contribution >= 4 is 87.8 Å². The quantitative estimate of drug-likeness (QED) is 0.118. The number of fused-ring (bicyclic) bond motifs is 4. The Hall–Kier alpha value is -8.72. The Morgan fingerprint density at radius 2 is 1.03 bits per heavy atom. The minimum Gasteiger partial charge on any atom is -0.458 e. The van der Waals surface area contributed by atoms with Crippen LogP contribution in [0.3, 0.4) is 0 Å². The Morgan fingerprint density at radius 1 is 0.611 bits per heavy atom. The molecule has 10 atom stereocenters. The van der Waals surface area contributed by atoms with Crippen molar-refractivity contribution in [1.82, 2.24) is 55.7 Å². The minimum absolute atomic E-state index is 0.0763. The van der Waals surface area contributed by atoms with E-state index < -0.39 is 191 Å². The van der Waals surface area contributed by atoms with Crippen molar-refractivity contribution < 1.29 is 71.4 Å². The van der Waals surface area contributed by atoms with E-state index >= 15 is 9.59 Å². The number of amides is 10. The Balaban J connectivity index is 1.32. The largest absolute Gasteiger partial charge is 0.458 e. The number of carbonyl (C=O) groups is 12. The number of nitrogens with zero attached hydrogens (tertiary/aromatic N) is 7. The molecule has 7 rings (SSSR count). The second-order valence-electron chi connectivity index (χ2n) is 25.5. The molecule has 4 fully saturated rings. The Bertz CT molecular complexity index is 3420. The summed E-state index contributed by atoms with van der Waals surface area (Å²) in [6.07, 6.45) is -1.65. The molecule has 490 valence electrons. The Morgan fingerprint density at radius 3 is 1.44 bits per heavy atom. The third-order valence-corrected chi connectivity index (χ3v) is 17.5. The summed E-state index contributed by atoms with van der Waals surface area (Å²) < 4.78 is 18.3. The standard InChI is InChI=1S/C62H86N12O16/c1-27(2)42-59(84)73-23-17-19-36(73)57(82)69(13)25-38(75)71(15)48(29(5)6)61(86)88-33(11)44(55(80)65-42)67-53(78)35-22-21-31(9)51-46(35)64-47-40(41(63)50(77)32(10)52(47)90-51)54(79)68-45-34(12)89-62(87)49(30(7)8)72(16)39(76)26-70(14)58(83)37-20-18-24-74(37)60(85)43(28(3)4)66-56(45)81/h21-22,27-30,33-34,36-37,42-45,48-49H,17-20,23-26,63H2,1-16H3,(H,65,80)(H,66,81)(H,67,78)(H,68,79)/t33-,34-,36+,37+,42?,43?,44+,45+,48?,49?/m1/s1. The van der Waals surface area contributed by atoms with E-state index in [-0.39, 0.29) is 53.9 Å². The lowest BCUT2D eigenvalue weighted by molar-refractivity contribution is -0.163. The molecule has 10 amide bonds. The zero-order chi connectivity index (χ0) is 67.0. The molecular weight excluding hydrogens is 1170 g/mol. The lowest BCUT2D eigenvalue weighted by Gasteiger charge is -2.36. The van der Waals surface area contributed by atoms with E-state index in [1.807, 2.05) is 0 Å². The number of likely N-dealkylation sites (N-methyl/N-ethyl adjacent to an activating group) is 4. The summed E-state index contributed by atoms with van der Waals surface area (Å²) in [5, 5.41) is 10.7. The number of cyclic esters (lactones) is 2. The van der Waals surface area contributed by atoms with Crippen LogP contribution in [-0.2, 0) is 57.4 Å². The first-order chi connectivity index (χ1) is 42.1. The molecule has 4 saturated heterocycles. The molecule has 1 aliphatic carbocycles. The molecule has 0 radical (unpaired) electrons. The van der Waals surface area contributed by atoms with Crippen molar-refractivity contribution in [3.63, 3.8) is 0 Å². The summed E-state index contributed by atoms with van der Waals surface area (Å²) >= 11 is 0. The van der Waals surface area contributed by atoms with Gasteiger partial charge in [-0.05, 0) is 88.7 Å². The Kier molecular flexibility index (Phi) is 21.1. The molecule has 0 aromatic heterocycles. The van der Waals surface area contributed by atoms with Crippen molar-refractivity contribution in [3.05, 3.63) is 44.6 Å². The highest BCUT2D eigenvalue weighted by atomic mass is 16.6. The number of benzene rings is 2. The van der Waals surface area contributed by atoms with Crippen molar-refractivity contribution in [2.45, 2.75) is 169 Å². The Labute approximate surface area is 522 Å². The number of hydrogen-bond donors (Lipinski definition) is 5. The molecule has 4 unspecified atom stereocenters. The van der Waals surface area contributed by atoms with Gasteiger partial charge in [-0.15, -0.1) is 0 Å². The van der Waals surface area contributed by atoms with Gasteiger partial charge in [-0.1, -0.05) is 61.5 Å². The summed E-state index contributed by atoms with van der Waals surface area (Å²) in [4.78, 5) is 199. The maximum atomic E-state index is 15.2. The van der Waals surface area contributed by atoms with Crippen molar-refractivity contribution in [3.8, 4) is 11.5 Å². The van der Waals surface area contributed by atoms with E-state index in [4.69, 9.17) is 24.6 Å². The fraction of sp³-hybridized carbons (Fsp3) is 0.613. The normalized spacial score (nSPS) is 26.2. The van der Waals surface area contributed by atoms with E-state index in [0.29, 0.717) is 18.4 Å². The first-order valence-electron chi connectivity index (χ1n) is 30.5. The number of aryl methyl sites for hydroxylation is 1. The number of nitrogen functional groups attached to an aromatic ring is 1. The first kappa shape index (κ1) is 68.8. The molecule has 1 aromatic rings. The van der Waals surface area contributed by atoms with Crippen LogP contribution in [-0.4, -0.2) is 220 Å². The molecule has 0 saturated carbocycles. The molecule has 6 aliphatic rings. The summed E-state index contributed by atoms with van der Waals surface area (Å²) in [7, 11) is 5.59. The number of nitrogens with one attached hydrogen (secondary N) is 4. The lowest BCUT2D eigenvalue weighted by Crippen LogP contribution is -2.61. The van der Waals surface area contributed by atoms with Crippen LogP contribution >= 0.6 is 0 Å². The number of nitrogens with two attached hydrogens (primary N) is 1. The van der Waals surface area contributed by atoms with Gasteiger partial charge in [-0.3, -0.25) is 52.7 Å². The van der Waals surface area contributed by atoms with Gasteiger partial charge >= 0.3 is 11.9 Å². The molecule has 0 bridgehead atoms. The zero-order valence-electron chi connectivity index (χ0n) is 54.1. The minimum atomic E-state index is -1.88. The van der Waals surface area contributed by atoms with Gasteiger partial charge < -0.3 is 70.3 Å². The van der Waals surface area contributed by atoms with Crippen LogP contribution in [0.1, 0.15) is 127 Å². The average molecular weight is 1260 g/mol. The first-order valence-corrected chi connectivity index (χ1v) is 30.5. The van der Waals surface area contributed by atoms with Gasteiger partial charge in [0.05, 0.1) is 29.9 Å². The zero-order valence-corrected chi connectivity index (χ0v) is 54.1. The van der Waals surface area contributed by atoms with Gasteiger partial charge in [0.15, 0.2) is 11.3 Å². The van der Waals surface area contributed by atoms with E-state index in [0.717, 1.165) is 9.80 Å². The number of aromatic nitrogens is 1. The highest BCUT2D eigenvalue weighted by Gasteiger charge is 2.46. The van der Waals surface area contributed by atoms with Gasteiger partial charge in [0, 0.05) is 46.8 Å². The van der Waals surface area contributed by atoms with Crippen molar-refractivity contribution in [2.75, 3.05) is 60.1 Å². The van der Waals surface area contributed by atoms with Crippen LogP contribution in [0.15, 0.2) is 21.3 Å². The molecule has 1 aromatic carbocycles. The van der Waals surface area contributed by atoms with E-state index in [1.165, 1.54) is 80.7 Å². The smallest absolute Gasteiger partial charge is 0.329 e. The van der Waals surface area contributed by atoms with Gasteiger partial charge in [-0.25, -0.2) is 14.6 Å². The molecular formula is C62H86N12O16. The molecule has 28 heteroatoms. The topological polar surface area (TPSA) is 360 Å². The maximum absolute atomic E-state index is 15.2. The van der Waals surface area contributed by atoms with Gasteiger partial charge in [0.25, 0.3) is 11.8 Å². The van der Waals surface area contributed by atoms with Crippen LogP contribution in [0, 0.1) is 37.5 Å². The number of carbonyl (C=O) groups excluding carboxylic acids is 12. The monoisotopic (exact) mass is 1250 g/mol. The molecule has 0 spiro atoms. The molecule has 28 nitrogen and oxygen atoms in total. The summed E-state index contributed by atoms with van der Waals surface area (Å²) in [5.41, 5.74) is 3.57. The third kappa shape index (κ3) is 13.7. The fourth-order valence-corrected chi connectivity index (χ4v) is 12.3. The highest BCUT2D eigenvalue weighted by molar-refractivity contribution is 6.10. The van der Waals surface area contributed by atoms with E-state index in [2.05, 4.69) is 21.3 Å². The maximum Gasteiger partial charge on any atom is 0.329 e. The lowest BCUT2D eigenvalue weighted by atomic mass is 9.98. The SMILES string of the molecule is Cc1c2oc3c(C)ccc(C(=O)N[C@@H]4C(=O)NC(C(C)C)C(=O)N5CCC[C@H]5C(=O)N(C)CC(=O)N(C)C(C(C)C)C(=O)O[C@@H]4C)c3nc-2c(C(=O)N[C@@H]2C(=O)NC(C(C)C)C(=O)N3CCC[C@H]3C(=O)N(C)CC(=O)N(C)C(C(C)C)C(=O)O[C@@H]2C)c(N)c1=O. The number of esters is 2. The second kappa shape index (κ2) is 27.6. The summed E-state index contributed by atoms with van der Waals surface area (Å²) in [5.74, 6) is -12.4. The van der Waals surface area contributed by atoms with Crippen LogP contribution in [0.4, 0.5) is 5.69 Å². The van der Waals surface area contributed by atoms with Crippen molar-refractivity contribution in [2.24, 2.45) is 23.7 Å². The van der Waals surface area contributed by atoms with Gasteiger partial charge in [0.2, 0.25) is 52.7 Å². The van der Waals surface area contributed by atoms with Crippen LogP contribution < -0.4 is 32.4 Å². The molecule has 5 heterocycles. The highest BCUT2D eigenvalue weighted by Crippen LogP contribution is 2.35. The number of hydrogen-bond acceptors (Lipinski definition) is 18. The van der Waals surface area contributed by atoms with E-state index in [1.54, 1.807) is 62.3 Å². The molecule has 90 heavy (non-hydrogen) atoms. The average Bonchev–Trinajstić information content (AvgIpc) is 0.893. The van der Waals surface area contributed by atoms with Crippen LogP contribution in [0.2, 0.25) is 0 Å². The van der Waals surface area contributed by atoms with Gasteiger partial charge in [0.1, 0.15) is 71.8 Å². The number of rotatable bonds is 8. The fourth-order valence-electron chi connectivity index (χ4n) is 12.3. The van der Waals surface area contributed by atoms with Gasteiger partial charge in [-0.2, -0.15) is 0 Å². The van der Waals surface area contributed by atoms with Crippen molar-refractivity contribution in [1.29, 1.82) is 0 Å². The second-order valence-corrected chi connectivity index (χ2v) is 25.5.